The predicted molar refractivity (Wildman–Crippen MR) is 129 cm³/mol. The summed E-state index contributed by atoms with van der Waals surface area (Å²) in [5.74, 6) is -0.223. The van der Waals surface area contributed by atoms with E-state index in [0.717, 1.165) is 22.2 Å². The van der Waals surface area contributed by atoms with Gasteiger partial charge in [0.25, 0.3) is 0 Å². The van der Waals surface area contributed by atoms with Crippen LogP contribution < -0.4 is 5.23 Å². The second-order valence-corrected chi connectivity index (χ2v) is 9.45. The first kappa shape index (κ1) is 23.5. The molecule has 0 saturated carbocycles. The van der Waals surface area contributed by atoms with E-state index in [1.807, 2.05) is 44.2 Å². The van der Waals surface area contributed by atoms with Crippen LogP contribution in [0.4, 0.5) is 5.69 Å². The maximum absolute atomic E-state index is 13.6. The first-order valence-corrected chi connectivity index (χ1v) is 12.0. The number of carbonyl (C=O) groups excluding carboxylic acids is 2. The van der Waals surface area contributed by atoms with Crippen LogP contribution in [-0.2, 0) is 20.7 Å². The summed E-state index contributed by atoms with van der Waals surface area (Å²) in [5, 5.41) is 21.2. The Morgan fingerprint density at radius 2 is 2.00 bits per heavy atom. The van der Waals surface area contributed by atoms with Crippen molar-refractivity contribution in [2.75, 3.05) is 19.7 Å². The molecular formula is C26H30N4O5. The minimum Gasteiger partial charge on any atom is -0.595 e. The third-order valence-electron chi connectivity index (χ3n) is 6.82. The van der Waals surface area contributed by atoms with Crippen molar-refractivity contribution in [3.05, 3.63) is 70.6 Å². The highest BCUT2D eigenvalue weighted by Gasteiger charge is 2.48. The van der Waals surface area contributed by atoms with Gasteiger partial charge in [-0.2, -0.15) is 5.23 Å². The number of benzene rings is 2. The van der Waals surface area contributed by atoms with Gasteiger partial charge in [-0.15, -0.1) is 0 Å². The zero-order valence-corrected chi connectivity index (χ0v) is 19.9. The van der Waals surface area contributed by atoms with Crippen LogP contribution in [0.15, 0.2) is 48.5 Å². The zero-order valence-electron chi connectivity index (χ0n) is 19.9. The van der Waals surface area contributed by atoms with E-state index < -0.39 is 17.3 Å². The lowest BCUT2D eigenvalue weighted by molar-refractivity contribution is -0.991. The molecule has 1 saturated heterocycles. The molecule has 0 spiro atoms. The number of aromatic nitrogens is 1. The van der Waals surface area contributed by atoms with Gasteiger partial charge in [-0.3, -0.25) is 9.59 Å². The van der Waals surface area contributed by atoms with Crippen molar-refractivity contribution in [1.29, 1.82) is 0 Å². The summed E-state index contributed by atoms with van der Waals surface area (Å²) < 4.78 is 5.61. The number of nitrogens with zero attached hydrogens (tertiary/aromatic N) is 2. The number of quaternary nitrogens is 1. The van der Waals surface area contributed by atoms with Crippen LogP contribution in [-0.4, -0.2) is 63.6 Å². The summed E-state index contributed by atoms with van der Waals surface area (Å²) in [7, 11) is 0. The molecule has 2 amide bonds. The van der Waals surface area contributed by atoms with Gasteiger partial charge in [0.15, 0.2) is 5.69 Å². The highest BCUT2D eigenvalue weighted by Crippen LogP contribution is 2.42. The Kier molecular flexibility index (Phi) is 6.33. The van der Waals surface area contributed by atoms with Gasteiger partial charge in [0.2, 0.25) is 11.8 Å². The van der Waals surface area contributed by atoms with E-state index in [1.54, 1.807) is 21.9 Å². The molecule has 1 aromatic heterocycles. The molecular weight excluding hydrogens is 448 g/mol. The Bertz CT molecular complexity index is 1250. The van der Waals surface area contributed by atoms with Crippen molar-refractivity contribution < 1.29 is 24.8 Å². The largest absolute Gasteiger partial charge is 0.595 e. The van der Waals surface area contributed by atoms with Crippen LogP contribution >= 0.6 is 0 Å². The number of H-pyrrole nitrogens is 1. The molecule has 3 N–H and O–H groups in total. The molecule has 9 heteroatoms. The minimum absolute atomic E-state index is 0.00168. The number of aromatic amines is 1. The third kappa shape index (κ3) is 4.32. The standard InChI is InChI=1S/C26H30N4O5/c1-16(2)35-12-6-11-28-15-23(31)29-22(26(28)32)14-20-19-9-3-4-10-21(19)27-24(20)25(29)17-7-5-8-18(13-17)30(33)34/h3-5,7-10,13,16,22,25,27,30,33H,6,11-12,14-15H2,1-2H3/t22-,25?/m0/s1. The van der Waals surface area contributed by atoms with E-state index in [-0.39, 0.29) is 30.2 Å². The molecule has 2 unspecified atom stereocenters. The first-order valence-electron chi connectivity index (χ1n) is 12.0. The molecule has 5 rings (SSSR count). The number of hydrogen-bond acceptors (Lipinski definition) is 5. The molecule has 184 valence electrons. The average Bonchev–Trinajstić information content (AvgIpc) is 3.21. The lowest BCUT2D eigenvalue weighted by atomic mass is 9.86. The fraction of sp³-hybridized carbons (Fsp3) is 0.385. The van der Waals surface area contributed by atoms with Crippen molar-refractivity contribution in [3.63, 3.8) is 0 Å². The van der Waals surface area contributed by atoms with Crippen LogP contribution in [0.1, 0.15) is 43.1 Å². The normalized spacial score (nSPS) is 20.9. The lowest BCUT2D eigenvalue weighted by Crippen LogP contribution is -2.99. The fourth-order valence-electron chi connectivity index (χ4n) is 5.28. The second kappa shape index (κ2) is 9.43. The van der Waals surface area contributed by atoms with Gasteiger partial charge >= 0.3 is 0 Å². The molecule has 0 radical (unpaired) electrons. The number of hydrogen-bond donors (Lipinski definition) is 3. The van der Waals surface area contributed by atoms with E-state index in [9.17, 15) is 20.0 Å². The van der Waals surface area contributed by atoms with Crippen molar-refractivity contribution in [3.8, 4) is 0 Å². The van der Waals surface area contributed by atoms with Crippen molar-refractivity contribution >= 4 is 28.4 Å². The SMILES string of the molecule is CC(C)OCCCN1CC(=O)N2C(c3cccc([NH+]([O-])O)c3)c3[nH]c4ccccc4c3C[C@H]2C1=O. The van der Waals surface area contributed by atoms with Crippen LogP contribution in [0.5, 0.6) is 0 Å². The number of rotatable bonds is 7. The average molecular weight is 479 g/mol. The molecule has 0 aliphatic carbocycles. The van der Waals surface area contributed by atoms with Crippen LogP contribution in [0.2, 0.25) is 0 Å². The summed E-state index contributed by atoms with van der Waals surface area (Å²) in [6, 6.07) is 13.3. The Labute approximate surface area is 203 Å². The van der Waals surface area contributed by atoms with E-state index in [2.05, 4.69) is 4.98 Å². The second-order valence-electron chi connectivity index (χ2n) is 9.45. The molecule has 3 atom stereocenters. The molecule has 0 bridgehead atoms. The van der Waals surface area contributed by atoms with Gasteiger partial charge < -0.3 is 24.7 Å². The van der Waals surface area contributed by atoms with Gasteiger partial charge in [0.1, 0.15) is 6.04 Å². The fourth-order valence-corrected chi connectivity index (χ4v) is 5.28. The van der Waals surface area contributed by atoms with E-state index >= 15 is 0 Å². The Morgan fingerprint density at radius 3 is 2.77 bits per heavy atom. The van der Waals surface area contributed by atoms with Gasteiger partial charge in [-0.05, 0) is 37.5 Å². The third-order valence-corrected chi connectivity index (χ3v) is 6.82. The molecule has 2 aliphatic rings. The van der Waals surface area contributed by atoms with Gasteiger partial charge in [0.05, 0.1) is 18.7 Å². The van der Waals surface area contributed by atoms with Crippen molar-refractivity contribution in [2.24, 2.45) is 0 Å². The van der Waals surface area contributed by atoms with E-state index in [0.29, 0.717) is 31.6 Å². The van der Waals surface area contributed by atoms with Crippen molar-refractivity contribution in [2.45, 2.75) is 44.9 Å². The zero-order chi connectivity index (χ0) is 24.7. The number of amides is 2. The summed E-state index contributed by atoms with van der Waals surface area (Å²) >= 11 is 0. The molecule has 35 heavy (non-hydrogen) atoms. The maximum atomic E-state index is 13.6. The topological polar surface area (TPSA) is 113 Å². The van der Waals surface area contributed by atoms with Gasteiger partial charge in [-0.1, -0.05) is 30.3 Å². The molecule has 3 aromatic rings. The van der Waals surface area contributed by atoms with Crippen LogP contribution in [0.25, 0.3) is 10.9 Å². The Hall–Kier alpha value is -3.24. The van der Waals surface area contributed by atoms with E-state index in [4.69, 9.17) is 4.74 Å². The van der Waals surface area contributed by atoms with Gasteiger partial charge in [0, 0.05) is 48.3 Å². The first-order chi connectivity index (χ1) is 16.8. The number of ether oxygens (including phenoxy) is 1. The predicted octanol–water partition coefficient (Wildman–Crippen LogP) is 2.07. The molecule has 9 nitrogen and oxygen atoms in total. The maximum Gasteiger partial charge on any atom is 0.246 e. The lowest BCUT2D eigenvalue weighted by Gasteiger charge is -2.47. The molecule has 3 heterocycles. The number of nitrogens with one attached hydrogen (secondary N) is 2. The summed E-state index contributed by atoms with van der Waals surface area (Å²) in [6.45, 7) is 4.92. The Balaban J connectivity index is 1.54. The minimum atomic E-state index is -1.04. The number of carbonyl (C=O) groups is 2. The molecule has 1 fully saturated rings. The highest BCUT2D eigenvalue weighted by molar-refractivity contribution is 5.97. The smallest absolute Gasteiger partial charge is 0.246 e. The molecule has 2 aliphatic heterocycles. The monoisotopic (exact) mass is 478 g/mol. The van der Waals surface area contributed by atoms with E-state index in [1.165, 1.54) is 6.07 Å². The van der Waals surface area contributed by atoms with Crippen LogP contribution in [0, 0.1) is 5.21 Å². The summed E-state index contributed by atoms with van der Waals surface area (Å²) in [5.41, 5.74) is 3.58. The van der Waals surface area contributed by atoms with Crippen LogP contribution in [0.3, 0.4) is 0 Å². The number of fused-ring (bicyclic) bond motifs is 4. The van der Waals surface area contributed by atoms with Gasteiger partial charge in [-0.25, -0.2) is 5.21 Å². The summed E-state index contributed by atoms with van der Waals surface area (Å²) in [6.07, 6.45) is 1.19. The number of para-hydroxylation sites is 1. The van der Waals surface area contributed by atoms with Crippen molar-refractivity contribution in [1.82, 2.24) is 14.8 Å². The number of piperazine rings is 1. The molecule has 2 aromatic carbocycles. The summed E-state index contributed by atoms with van der Waals surface area (Å²) in [4.78, 5) is 33.9. The Morgan fingerprint density at radius 1 is 1.20 bits per heavy atom. The highest BCUT2D eigenvalue weighted by atomic mass is 16.8. The quantitative estimate of drug-likeness (QED) is 0.355.